The fraction of sp³-hybridized carbons (Fsp3) is 0.522. The molecule has 1 aromatic heterocycles. The molecule has 9 heteroatoms. The topological polar surface area (TPSA) is 99.8 Å². The molecule has 0 spiro atoms. The molecule has 3 unspecified atom stereocenters. The van der Waals surface area contributed by atoms with Gasteiger partial charge in [-0.3, -0.25) is 14.2 Å². The van der Waals surface area contributed by atoms with Crippen LogP contribution in [0.3, 0.4) is 0 Å². The van der Waals surface area contributed by atoms with Crippen molar-refractivity contribution in [2.75, 3.05) is 6.61 Å². The third kappa shape index (κ3) is 4.70. The molecule has 174 valence electrons. The highest BCUT2D eigenvalue weighted by atomic mass is 28.4. The minimum atomic E-state index is -2.04. The standard InChI is InChI=1S/C23H32N2O6Si/c1-15-13-24(22(29)25(20(15)27)21(28)16-10-8-7-9-11-16)19-12-17(26)18(31-19)14-30-32(5,6)23(2,3)4/h7-11,13,17-19,26H,12,14H2,1-6H3. The summed E-state index contributed by atoms with van der Waals surface area (Å²) in [7, 11) is -2.04. The zero-order valence-corrected chi connectivity index (χ0v) is 20.5. The van der Waals surface area contributed by atoms with E-state index in [1.165, 1.54) is 17.7 Å². The molecule has 0 radical (unpaired) electrons. The van der Waals surface area contributed by atoms with Crippen molar-refractivity contribution in [3.63, 3.8) is 0 Å². The van der Waals surface area contributed by atoms with Gasteiger partial charge >= 0.3 is 5.69 Å². The summed E-state index contributed by atoms with van der Waals surface area (Å²) in [6.45, 7) is 12.4. The van der Waals surface area contributed by atoms with E-state index < -0.39 is 43.9 Å². The lowest BCUT2D eigenvalue weighted by Crippen LogP contribution is -2.45. The maximum Gasteiger partial charge on any atom is 0.340 e. The molecule has 3 atom stereocenters. The number of hydrogen-bond donors (Lipinski definition) is 1. The third-order valence-corrected chi connectivity index (χ3v) is 10.9. The fourth-order valence-corrected chi connectivity index (χ4v) is 4.35. The van der Waals surface area contributed by atoms with Crippen LogP contribution in [-0.2, 0) is 9.16 Å². The van der Waals surface area contributed by atoms with Gasteiger partial charge in [-0.2, -0.15) is 4.57 Å². The van der Waals surface area contributed by atoms with Crippen molar-refractivity contribution in [3.05, 3.63) is 68.5 Å². The Hall–Kier alpha value is -2.33. The van der Waals surface area contributed by atoms with E-state index in [4.69, 9.17) is 9.16 Å². The van der Waals surface area contributed by atoms with Gasteiger partial charge in [-0.1, -0.05) is 39.0 Å². The Kier molecular flexibility index (Phi) is 6.76. The van der Waals surface area contributed by atoms with Crippen LogP contribution in [0.5, 0.6) is 0 Å². The predicted octanol–water partition coefficient (Wildman–Crippen LogP) is 2.68. The molecule has 0 saturated carbocycles. The number of aliphatic hydroxyl groups excluding tert-OH is 1. The van der Waals surface area contributed by atoms with E-state index >= 15 is 0 Å². The molecule has 0 aliphatic carbocycles. The molecule has 3 rings (SSSR count). The van der Waals surface area contributed by atoms with E-state index in [0.717, 1.165) is 0 Å². The van der Waals surface area contributed by atoms with Gasteiger partial charge in [0.15, 0.2) is 8.32 Å². The average molecular weight is 461 g/mol. The predicted molar refractivity (Wildman–Crippen MR) is 124 cm³/mol. The van der Waals surface area contributed by atoms with E-state index in [9.17, 15) is 19.5 Å². The Morgan fingerprint density at radius 1 is 1.22 bits per heavy atom. The largest absolute Gasteiger partial charge is 0.414 e. The number of aromatic nitrogens is 2. The highest BCUT2D eigenvalue weighted by Gasteiger charge is 2.41. The lowest BCUT2D eigenvalue weighted by atomic mass is 10.2. The molecular weight excluding hydrogens is 428 g/mol. The number of aryl methyl sites for hydroxylation is 1. The van der Waals surface area contributed by atoms with Gasteiger partial charge in [-0.05, 0) is 37.2 Å². The first kappa shape index (κ1) is 24.3. The van der Waals surface area contributed by atoms with Crippen molar-refractivity contribution in [1.82, 2.24) is 9.13 Å². The van der Waals surface area contributed by atoms with Crippen molar-refractivity contribution in [3.8, 4) is 0 Å². The van der Waals surface area contributed by atoms with Gasteiger partial charge in [0.2, 0.25) is 0 Å². The van der Waals surface area contributed by atoms with Crippen LogP contribution in [-0.4, -0.2) is 47.3 Å². The van der Waals surface area contributed by atoms with Crippen LogP contribution < -0.4 is 11.2 Å². The summed E-state index contributed by atoms with van der Waals surface area (Å²) in [5, 5.41) is 10.6. The summed E-state index contributed by atoms with van der Waals surface area (Å²) in [6.07, 6.45) is -0.704. The number of benzene rings is 1. The highest BCUT2D eigenvalue weighted by molar-refractivity contribution is 6.74. The van der Waals surface area contributed by atoms with Crippen molar-refractivity contribution >= 4 is 14.2 Å². The van der Waals surface area contributed by atoms with Crippen LogP contribution in [0.25, 0.3) is 0 Å². The van der Waals surface area contributed by atoms with Crippen molar-refractivity contribution in [1.29, 1.82) is 0 Å². The maximum atomic E-state index is 13.1. The van der Waals surface area contributed by atoms with Crippen LogP contribution in [0.2, 0.25) is 18.1 Å². The lowest BCUT2D eigenvalue weighted by molar-refractivity contribution is -0.0436. The minimum Gasteiger partial charge on any atom is -0.414 e. The normalized spacial score (nSPS) is 21.7. The van der Waals surface area contributed by atoms with Crippen molar-refractivity contribution in [2.45, 2.75) is 70.7 Å². The van der Waals surface area contributed by atoms with Gasteiger partial charge in [0, 0.05) is 23.7 Å². The van der Waals surface area contributed by atoms with Crippen LogP contribution in [0.4, 0.5) is 0 Å². The second-order valence-corrected chi connectivity index (χ2v) is 14.6. The molecular formula is C23H32N2O6Si. The molecule has 2 heterocycles. The molecule has 1 saturated heterocycles. The van der Waals surface area contributed by atoms with E-state index in [1.54, 1.807) is 30.3 Å². The summed E-state index contributed by atoms with van der Waals surface area (Å²) >= 11 is 0. The number of hydrogen-bond acceptors (Lipinski definition) is 6. The smallest absolute Gasteiger partial charge is 0.340 e. The first-order chi connectivity index (χ1) is 14.8. The number of carbonyl (C=O) groups is 1. The van der Waals surface area contributed by atoms with Crippen LogP contribution in [0.15, 0.2) is 46.1 Å². The molecule has 0 amide bonds. The number of rotatable bonds is 5. The number of nitrogens with zero attached hydrogens (tertiary/aromatic N) is 2. The third-order valence-electron chi connectivity index (χ3n) is 6.44. The Morgan fingerprint density at radius 3 is 2.44 bits per heavy atom. The molecule has 2 aromatic rings. The molecule has 1 fully saturated rings. The summed E-state index contributed by atoms with van der Waals surface area (Å²) in [5.74, 6) is -0.700. The van der Waals surface area contributed by atoms with Crippen LogP contribution in [0, 0.1) is 6.92 Å². The Bertz CT molecular complexity index is 1100. The Balaban J connectivity index is 1.88. The number of carbonyl (C=O) groups excluding carboxylic acids is 1. The molecule has 8 nitrogen and oxygen atoms in total. The van der Waals surface area contributed by atoms with E-state index in [-0.39, 0.29) is 29.2 Å². The molecule has 1 aliphatic rings. The van der Waals surface area contributed by atoms with Gasteiger partial charge in [-0.15, -0.1) is 0 Å². The Morgan fingerprint density at radius 2 is 1.84 bits per heavy atom. The average Bonchev–Trinajstić information content (AvgIpc) is 3.09. The SMILES string of the molecule is Cc1cn(C2CC(O)C(CO[Si](C)(C)C(C)(C)C)O2)c(=O)n(C(=O)c2ccccc2)c1=O. The maximum absolute atomic E-state index is 13.1. The van der Waals surface area contributed by atoms with Crippen LogP contribution >= 0.6 is 0 Å². The second-order valence-electron chi connectivity index (χ2n) is 9.82. The zero-order chi connectivity index (χ0) is 23.8. The van der Waals surface area contributed by atoms with Crippen molar-refractivity contribution < 1.29 is 19.1 Å². The minimum absolute atomic E-state index is 0.0112. The first-order valence-corrected chi connectivity index (χ1v) is 13.7. The number of ether oxygens (including phenoxy) is 1. The zero-order valence-electron chi connectivity index (χ0n) is 19.5. The van der Waals surface area contributed by atoms with Gasteiger partial charge in [0.1, 0.15) is 12.3 Å². The first-order valence-electron chi connectivity index (χ1n) is 10.8. The second kappa shape index (κ2) is 8.90. The lowest BCUT2D eigenvalue weighted by Gasteiger charge is -2.37. The Labute approximate surface area is 188 Å². The summed E-state index contributed by atoms with van der Waals surface area (Å²) < 4.78 is 14.0. The van der Waals surface area contributed by atoms with Gasteiger partial charge in [-0.25, -0.2) is 4.79 Å². The quantitative estimate of drug-likeness (QED) is 0.689. The summed E-state index contributed by atoms with van der Waals surface area (Å²) in [4.78, 5) is 38.6. The highest BCUT2D eigenvalue weighted by Crippen LogP contribution is 2.37. The van der Waals surface area contributed by atoms with Crippen molar-refractivity contribution in [2.24, 2.45) is 0 Å². The molecule has 32 heavy (non-hydrogen) atoms. The molecule has 1 aromatic carbocycles. The molecule has 1 aliphatic heterocycles. The molecule has 1 N–H and O–H groups in total. The number of aliphatic hydroxyl groups is 1. The fourth-order valence-electron chi connectivity index (χ4n) is 3.34. The van der Waals surface area contributed by atoms with E-state index in [0.29, 0.717) is 4.57 Å². The van der Waals surface area contributed by atoms with Crippen LogP contribution in [0.1, 0.15) is 49.3 Å². The van der Waals surface area contributed by atoms with E-state index in [2.05, 4.69) is 33.9 Å². The van der Waals surface area contributed by atoms with Gasteiger partial charge in [0.05, 0.1) is 12.7 Å². The van der Waals surface area contributed by atoms with Gasteiger partial charge in [0.25, 0.3) is 11.5 Å². The van der Waals surface area contributed by atoms with E-state index in [1.807, 2.05) is 0 Å². The molecule has 0 bridgehead atoms. The van der Waals surface area contributed by atoms with Gasteiger partial charge < -0.3 is 14.3 Å². The summed E-state index contributed by atoms with van der Waals surface area (Å²) in [6, 6.07) is 8.16. The summed E-state index contributed by atoms with van der Waals surface area (Å²) in [5.41, 5.74) is -1.00. The monoisotopic (exact) mass is 460 g/mol.